The molecular weight excluding hydrogens is 184 g/mol. The van der Waals surface area contributed by atoms with Crippen LogP contribution in [0.1, 0.15) is 46.5 Å². The molecule has 0 aromatic rings. The lowest BCUT2D eigenvalue weighted by Crippen LogP contribution is -2.43. The van der Waals surface area contributed by atoms with Crippen LogP contribution in [0.25, 0.3) is 0 Å². The Kier molecular flexibility index (Phi) is 6.26. The monoisotopic (exact) mass is 212 g/mol. The zero-order chi connectivity index (χ0) is 11.1. The Morgan fingerprint density at radius 1 is 1.33 bits per heavy atom. The molecule has 1 aliphatic rings. The molecule has 90 valence electrons. The molecule has 2 heteroatoms. The van der Waals surface area contributed by atoms with Gasteiger partial charge < -0.3 is 5.32 Å². The number of rotatable bonds is 5. The van der Waals surface area contributed by atoms with E-state index in [2.05, 4.69) is 31.0 Å². The predicted molar refractivity (Wildman–Crippen MR) is 67.2 cm³/mol. The Morgan fingerprint density at radius 3 is 2.80 bits per heavy atom. The van der Waals surface area contributed by atoms with Crippen LogP contribution in [0.15, 0.2) is 0 Å². The van der Waals surface area contributed by atoms with Gasteiger partial charge in [-0.25, -0.2) is 0 Å². The summed E-state index contributed by atoms with van der Waals surface area (Å²) in [6.07, 6.45) is 5.41. The maximum absolute atomic E-state index is 3.56. The van der Waals surface area contributed by atoms with Gasteiger partial charge in [-0.15, -0.1) is 0 Å². The van der Waals surface area contributed by atoms with Crippen molar-refractivity contribution in [3.63, 3.8) is 0 Å². The van der Waals surface area contributed by atoms with Crippen molar-refractivity contribution in [1.82, 2.24) is 10.2 Å². The van der Waals surface area contributed by atoms with Gasteiger partial charge in [0.2, 0.25) is 0 Å². The van der Waals surface area contributed by atoms with E-state index in [0.717, 1.165) is 12.0 Å². The van der Waals surface area contributed by atoms with Gasteiger partial charge in [0.25, 0.3) is 0 Å². The summed E-state index contributed by atoms with van der Waals surface area (Å²) >= 11 is 0. The lowest BCUT2D eigenvalue weighted by Gasteiger charge is -2.32. The van der Waals surface area contributed by atoms with Crippen molar-refractivity contribution < 1.29 is 0 Å². The number of unbranched alkanes of at least 4 members (excludes halogenated alkanes) is 2. The van der Waals surface area contributed by atoms with Crippen molar-refractivity contribution in [1.29, 1.82) is 0 Å². The Labute approximate surface area is 95.4 Å². The minimum Gasteiger partial charge on any atom is -0.315 e. The van der Waals surface area contributed by atoms with Crippen molar-refractivity contribution in [3.8, 4) is 0 Å². The molecule has 0 radical (unpaired) electrons. The van der Waals surface area contributed by atoms with Crippen LogP contribution in [0.5, 0.6) is 0 Å². The van der Waals surface area contributed by atoms with Crippen LogP contribution in [0.4, 0.5) is 0 Å². The van der Waals surface area contributed by atoms with Crippen molar-refractivity contribution in [2.24, 2.45) is 5.92 Å². The second-order valence-electron chi connectivity index (χ2n) is 5.11. The topological polar surface area (TPSA) is 15.3 Å². The summed E-state index contributed by atoms with van der Waals surface area (Å²) in [7, 11) is 0. The first-order valence-electron chi connectivity index (χ1n) is 6.70. The summed E-state index contributed by atoms with van der Waals surface area (Å²) in [5.41, 5.74) is 0. The smallest absolute Gasteiger partial charge is 0.0243 e. The first kappa shape index (κ1) is 13.0. The third-order valence-electron chi connectivity index (χ3n) is 3.44. The quantitative estimate of drug-likeness (QED) is 0.704. The molecule has 1 saturated heterocycles. The normalized spacial score (nSPS) is 24.4. The SMILES string of the molecule is CCCCCN1CCCNCC1C(C)C. The minimum atomic E-state index is 0.754. The third kappa shape index (κ3) is 4.52. The fourth-order valence-electron chi connectivity index (χ4n) is 2.45. The maximum atomic E-state index is 3.56. The second-order valence-corrected chi connectivity index (χ2v) is 5.11. The van der Waals surface area contributed by atoms with Crippen molar-refractivity contribution >= 4 is 0 Å². The highest BCUT2D eigenvalue weighted by molar-refractivity contribution is 4.80. The van der Waals surface area contributed by atoms with Gasteiger partial charge in [-0.3, -0.25) is 4.90 Å². The summed E-state index contributed by atoms with van der Waals surface area (Å²) in [5, 5.41) is 3.56. The van der Waals surface area contributed by atoms with E-state index in [1.165, 1.54) is 51.9 Å². The lowest BCUT2D eigenvalue weighted by atomic mass is 10.0. The largest absolute Gasteiger partial charge is 0.315 e. The fourth-order valence-corrected chi connectivity index (χ4v) is 2.45. The van der Waals surface area contributed by atoms with E-state index in [0.29, 0.717) is 0 Å². The summed E-state index contributed by atoms with van der Waals surface area (Å²) in [6.45, 7) is 12.0. The van der Waals surface area contributed by atoms with Gasteiger partial charge in [-0.1, -0.05) is 33.6 Å². The van der Waals surface area contributed by atoms with E-state index in [4.69, 9.17) is 0 Å². The maximum Gasteiger partial charge on any atom is 0.0243 e. The number of nitrogens with one attached hydrogen (secondary N) is 1. The van der Waals surface area contributed by atoms with E-state index >= 15 is 0 Å². The van der Waals surface area contributed by atoms with Crippen LogP contribution in [0.3, 0.4) is 0 Å². The molecule has 0 saturated carbocycles. The molecule has 0 amide bonds. The van der Waals surface area contributed by atoms with Crippen LogP contribution in [-0.2, 0) is 0 Å². The van der Waals surface area contributed by atoms with E-state index in [1.807, 2.05) is 0 Å². The van der Waals surface area contributed by atoms with E-state index in [9.17, 15) is 0 Å². The molecule has 1 atom stereocenters. The average Bonchev–Trinajstić information content (AvgIpc) is 2.43. The van der Waals surface area contributed by atoms with Gasteiger partial charge in [0, 0.05) is 12.6 Å². The zero-order valence-corrected chi connectivity index (χ0v) is 10.8. The van der Waals surface area contributed by atoms with Gasteiger partial charge in [0.1, 0.15) is 0 Å². The predicted octanol–water partition coefficient (Wildman–Crippen LogP) is 2.50. The summed E-state index contributed by atoms with van der Waals surface area (Å²) in [4.78, 5) is 2.71. The van der Waals surface area contributed by atoms with Crippen LogP contribution in [0.2, 0.25) is 0 Å². The summed E-state index contributed by atoms with van der Waals surface area (Å²) in [5.74, 6) is 0.775. The first-order valence-corrected chi connectivity index (χ1v) is 6.70. The highest BCUT2D eigenvalue weighted by Gasteiger charge is 2.22. The Hall–Kier alpha value is -0.0800. The number of hydrogen-bond acceptors (Lipinski definition) is 2. The second kappa shape index (κ2) is 7.24. The van der Waals surface area contributed by atoms with Gasteiger partial charge >= 0.3 is 0 Å². The molecule has 0 aromatic carbocycles. The van der Waals surface area contributed by atoms with Gasteiger partial charge in [0.15, 0.2) is 0 Å². The van der Waals surface area contributed by atoms with Gasteiger partial charge in [0.05, 0.1) is 0 Å². The summed E-state index contributed by atoms with van der Waals surface area (Å²) in [6, 6.07) is 0.754. The highest BCUT2D eigenvalue weighted by Crippen LogP contribution is 2.14. The van der Waals surface area contributed by atoms with Crippen molar-refractivity contribution in [3.05, 3.63) is 0 Å². The summed E-state index contributed by atoms with van der Waals surface area (Å²) < 4.78 is 0. The Morgan fingerprint density at radius 2 is 2.13 bits per heavy atom. The van der Waals surface area contributed by atoms with Crippen LogP contribution < -0.4 is 5.32 Å². The van der Waals surface area contributed by atoms with E-state index in [1.54, 1.807) is 0 Å². The highest BCUT2D eigenvalue weighted by atomic mass is 15.2. The molecule has 1 heterocycles. The van der Waals surface area contributed by atoms with E-state index < -0.39 is 0 Å². The first-order chi connectivity index (χ1) is 7.25. The fraction of sp³-hybridized carbons (Fsp3) is 1.00. The Bertz CT molecular complexity index is 157. The van der Waals surface area contributed by atoms with Gasteiger partial charge in [-0.2, -0.15) is 0 Å². The van der Waals surface area contributed by atoms with Crippen molar-refractivity contribution in [2.45, 2.75) is 52.5 Å². The van der Waals surface area contributed by atoms with Crippen LogP contribution in [0, 0.1) is 5.92 Å². The average molecular weight is 212 g/mol. The van der Waals surface area contributed by atoms with Crippen molar-refractivity contribution in [2.75, 3.05) is 26.2 Å². The molecule has 1 fully saturated rings. The number of hydrogen-bond donors (Lipinski definition) is 1. The molecule has 1 rings (SSSR count). The zero-order valence-electron chi connectivity index (χ0n) is 10.8. The van der Waals surface area contributed by atoms with Crippen LogP contribution in [-0.4, -0.2) is 37.1 Å². The molecule has 1 unspecified atom stereocenters. The van der Waals surface area contributed by atoms with Crippen LogP contribution >= 0.6 is 0 Å². The van der Waals surface area contributed by atoms with E-state index in [-0.39, 0.29) is 0 Å². The molecule has 2 nitrogen and oxygen atoms in total. The molecule has 0 aromatic heterocycles. The molecule has 0 bridgehead atoms. The standard InChI is InChI=1S/C13H28N2/c1-4-5-6-9-15-10-7-8-14-11-13(15)12(2)3/h12-14H,4-11H2,1-3H3. The van der Waals surface area contributed by atoms with Gasteiger partial charge in [-0.05, 0) is 38.4 Å². The molecule has 15 heavy (non-hydrogen) atoms. The molecule has 1 N–H and O–H groups in total. The molecule has 0 aliphatic carbocycles. The molecule has 0 spiro atoms. The third-order valence-corrected chi connectivity index (χ3v) is 3.44. The number of nitrogens with zero attached hydrogens (tertiary/aromatic N) is 1. The molecular formula is C13H28N2. The lowest BCUT2D eigenvalue weighted by molar-refractivity contribution is 0.163. The Balaban J connectivity index is 2.39. The molecule has 1 aliphatic heterocycles. The minimum absolute atomic E-state index is 0.754.